The molecule has 0 aliphatic heterocycles. The van der Waals surface area contributed by atoms with Crippen molar-refractivity contribution in [1.29, 1.82) is 0 Å². The highest BCUT2D eigenvalue weighted by Crippen LogP contribution is 2.24. The summed E-state index contributed by atoms with van der Waals surface area (Å²) in [6, 6.07) is 12.1. The number of ether oxygens (including phenoxy) is 1. The molecule has 0 spiro atoms. The Bertz CT molecular complexity index is 674. The lowest BCUT2D eigenvalue weighted by molar-refractivity contribution is 0.175. The predicted molar refractivity (Wildman–Crippen MR) is 90.6 cm³/mol. The number of rotatable bonds is 6. The fourth-order valence-electron chi connectivity index (χ4n) is 2.09. The van der Waals surface area contributed by atoms with E-state index >= 15 is 0 Å². The lowest BCUT2D eigenvalue weighted by Gasteiger charge is -2.16. The molecule has 2 rings (SSSR count). The largest absolute Gasteiger partial charge is 0.489 e. The summed E-state index contributed by atoms with van der Waals surface area (Å²) in [7, 11) is 0. The number of halogens is 1. The minimum Gasteiger partial charge on any atom is -0.489 e. The van der Waals surface area contributed by atoms with Crippen LogP contribution in [0.25, 0.3) is 0 Å². The van der Waals surface area contributed by atoms with Crippen LogP contribution >= 0.6 is 0 Å². The fourth-order valence-corrected chi connectivity index (χ4v) is 2.09. The van der Waals surface area contributed by atoms with Crippen molar-refractivity contribution in [3.8, 4) is 5.75 Å². The van der Waals surface area contributed by atoms with Crippen molar-refractivity contribution in [3.05, 3.63) is 59.9 Å². The predicted octanol–water partition coefficient (Wildman–Crippen LogP) is 3.47. The van der Waals surface area contributed by atoms with Gasteiger partial charge in [0, 0.05) is 6.54 Å². The Hall–Kier alpha value is -2.60. The van der Waals surface area contributed by atoms with Gasteiger partial charge in [-0.05, 0) is 43.7 Å². The summed E-state index contributed by atoms with van der Waals surface area (Å²) >= 11 is 0. The van der Waals surface area contributed by atoms with Gasteiger partial charge in [-0.1, -0.05) is 24.3 Å². The highest BCUT2D eigenvalue weighted by Gasteiger charge is 2.12. The molecular weight excluding hydrogens is 311 g/mol. The van der Waals surface area contributed by atoms with Gasteiger partial charge in [-0.2, -0.15) is 0 Å². The number of amides is 2. The highest BCUT2D eigenvalue weighted by molar-refractivity contribution is 5.90. The van der Waals surface area contributed by atoms with Gasteiger partial charge >= 0.3 is 6.03 Å². The second-order valence-corrected chi connectivity index (χ2v) is 5.57. The summed E-state index contributed by atoms with van der Waals surface area (Å²) in [5, 5.41) is 15.3. The van der Waals surface area contributed by atoms with E-state index in [4.69, 9.17) is 4.74 Å². The Balaban J connectivity index is 1.90. The van der Waals surface area contributed by atoms with Crippen molar-refractivity contribution in [3.63, 3.8) is 0 Å². The van der Waals surface area contributed by atoms with Crippen LogP contribution in [0.5, 0.6) is 5.75 Å². The van der Waals surface area contributed by atoms with Crippen LogP contribution in [0.15, 0.2) is 48.5 Å². The maximum absolute atomic E-state index is 12.9. The van der Waals surface area contributed by atoms with Crippen molar-refractivity contribution in [2.75, 3.05) is 11.9 Å². The monoisotopic (exact) mass is 332 g/mol. The standard InChI is InChI=1S/C18H21FN2O3/c1-12(2)24-17-6-4-3-5-15(17)21-18(23)20-11-16(22)13-7-9-14(19)10-8-13/h3-10,12,16,22H,11H2,1-2H3,(H2,20,21,23). The average Bonchev–Trinajstić information content (AvgIpc) is 2.54. The zero-order chi connectivity index (χ0) is 17.5. The number of hydrogen-bond donors (Lipinski definition) is 3. The van der Waals surface area contributed by atoms with E-state index in [2.05, 4.69) is 10.6 Å². The molecule has 0 radical (unpaired) electrons. The summed E-state index contributed by atoms with van der Waals surface area (Å²) in [4.78, 5) is 12.0. The van der Waals surface area contributed by atoms with Crippen LogP contribution in [-0.2, 0) is 0 Å². The number of carbonyl (C=O) groups is 1. The van der Waals surface area contributed by atoms with E-state index in [-0.39, 0.29) is 18.5 Å². The topological polar surface area (TPSA) is 70.6 Å². The second-order valence-electron chi connectivity index (χ2n) is 5.57. The molecule has 2 amide bonds. The number of urea groups is 1. The van der Waals surface area contributed by atoms with Gasteiger partial charge in [-0.25, -0.2) is 9.18 Å². The molecule has 1 atom stereocenters. The number of aliphatic hydroxyl groups excluding tert-OH is 1. The fraction of sp³-hybridized carbons (Fsp3) is 0.278. The third kappa shape index (κ3) is 5.24. The summed E-state index contributed by atoms with van der Waals surface area (Å²) in [5.74, 6) is 0.195. The van der Waals surface area contributed by atoms with Gasteiger partial charge < -0.3 is 20.5 Å². The van der Waals surface area contributed by atoms with Crippen LogP contribution in [0.1, 0.15) is 25.5 Å². The Morgan fingerprint density at radius 3 is 2.50 bits per heavy atom. The average molecular weight is 332 g/mol. The quantitative estimate of drug-likeness (QED) is 0.758. The number of aliphatic hydroxyl groups is 1. The number of para-hydroxylation sites is 2. The maximum atomic E-state index is 12.9. The molecule has 5 nitrogen and oxygen atoms in total. The Kier molecular flexibility index (Phi) is 6.14. The van der Waals surface area contributed by atoms with E-state index in [1.807, 2.05) is 19.9 Å². The minimum atomic E-state index is -0.918. The maximum Gasteiger partial charge on any atom is 0.319 e. The van der Waals surface area contributed by atoms with Crippen molar-refractivity contribution in [2.24, 2.45) is 0 Å². The van der Waals surface area contributed by atoms with Crippen molar-refractivity contribution < 1.29 is 19.0 Å². The zero-order valence-corrected chi connectivity index (χ0v) is 13.6. The normalized spacial score (nSPS) is 11.9. The van der Waals surface area contributed by atoms with Crippen LogP contribution in [0.4, 0.5) is 14.9 Å². The molecular formula is C18H21FN2O3. The summed E-state index contributed by atoms with van der Waals surface area (Å²) < 4.78 is 18.5. The molecule has 0 fully saturated rings. The summed E-state index contributed by atoms with van der Waals surface area (Å²) in [6.45, 7) is 3.80. The van der Waals surface area contributed by atoms with Gasteiger partial charge in [0.05, 0.1) is 17.9 Å². The number of nitrogens with one attached hydrogen (secondary N) is 2. The van der Waals surface area contributed by atoms with E-state index in [9.17, 15) is 14.3 Å². The summed E-state index contributed by atoms with van der Waals surface area (Å²) in [6.07, 6.45) is -0.935. The zero-order valence-electron chi connectivity index (χ0n) is 13.6. The van der Waals surface area contributed by atoms with Crippen molar-refractivity contribution >= 4 is 11.7 Å². The Morgan fingerprint density at radius 1 is 1.17 bits per heavy atom. The number of anilines is 1. The Labute approximate surface area is 140 Å². The number of benzene rings is 2. The van der Waals surface area contributed by atoms with Crippen molar-refractivity contribution in [2.45, 2.75) is 26.1 Å². The van der Waals surface area contributed by atoms with Crippen LogP contribution in [-0.4, -0.2) is 23.8 Å². The lowest BCUT2D eigenvalue weighted by Crippen LogP contribution is -2.32. The molecule has 24 heavy (non-hydrogen) atoms. The van der Waals surface area contributed by atoms with Crippen LogP contribution in [0.3, 0.4) is 0 Å². The first-order chi connectivity index (χ1) is 11.5. The van der Waals surface area contributed by atoms with Crippen LogP contribution in [0.2, 0.25) is 0 Å². The molecule has 2 aromatic carbocycles. The van der Waals surface area contributed by atoms with Gasteiger partial charge in [0.25, 0.3) is 0 Å². The summed E-state index contributed by atoms with van der Waals surface area (Å²) in [5.41, 5.74) is 1.07. The molecule has 0 saturated carbocycles. The molecule has 0 aromatic heterocycles. The third-order valence-electron chi connectivity index (χ3n) is 3.21. The van der Waals surface area contributed by atoms with Gasteiger partial charge in [-0.3, -0.25) is 0 Å². The molecule has 0 saturated heterocycles. The van der Waals surface area contributed by atoms with Gasteiger partial charge in [0.2, 0.25) is 0 Å². The number of carbonyl (C=O) groups excluding carboxylic acids is 1. The SMILES string of the molecule is CC(C)Oc1ccccc1NC(=O)NCC(O)c1ccc(F)cc1. The van der Waals surface area contributed by atoms with E-state index in [0.29, 0.717) is 17.0 Å². The van der Waals surface area contributed by atoms with Gasteiger partial charge in [-0.15, -0.1) is 0 Å². The molecule has 3 N–H and O–H groups in total. The number of hydrogen-bond acceptors (Lipinski definition) is 3. The molecule has 6 heteroatoms. The van der Waals surface area contributed by atoms with Crippen LogP contribution < -0.4 is 15.4 Å². The molecule has 1 unspecified atom stereocenters. The molecule has 0 heterocycles. The first kappa shape index (κ1) is 17.7. The highest BCUT2D eigenvalue weighted by atomic mass is 19.1. The smallest absolute Gasteiger partial charge is 0.319 e. The first-order valence-electron chi connectivity index (χ1n) is 7.70. The van der Waals surface area contributed by atoms with Gasteiger partial charge in [0.15, 0.2) is 0 Å². The molecule has 2 aromatic rings. The van der Waals surface area contributed by atoms with Crippen LogP contribution in [0, 0.1) is 5.82 Å². The van der Waals surface area contributed by atoms with Crippen molar-refractivity contribution in [1.82, 2.24) is 5.32 Å². The van der Waals surface area contributed by atoms with E-state index < -0.39 is 12.1 Å². The lowest BCUT2D eigenvalue weighted by atomic mass is 10.1. The molecule has 0 aliphatic rings. The molecule has 128 valence electrons. The van der Waals surface area contributed by atoms with E-state index in [1.165, 1.54) is 24.3 Å². The van der Waals surface area contributed by atoms with E-state index in [1.54, 1.807) is 18.2 Å². The van der Waals surface area contributed by atoms with Gasteiger partial charge in [0.1, 0.15) is 11.6 Å². The minimum absolute atomic E-state index is 0.00463. The third-order valence-corrected chi connectivity index (χ3v) is 3.21. The Morgan fingerprint density at radius 2 is 1.83 bits per heavy atom. The molecule has 0 bridgehead atoms. The van der Waals surface area contributed by atoms with E-state index in [0.717, 1.165) is 0 Å². The molecule has 0 aliphatic carbocycles. The first-order valence-corrected chi connectivity index (χ1v) is 7.70. The second kappa shape index (κ2) is 8.31.